The van der Waals surface area contributed by atoms with E-state index in [1.54, 1.807) is 24.5 Å². The summed E-state index contributed by atoms with van der Waals surface area (Å²) in [7, 11) is -4.12. The monoisotopic (exact) mass is 406 g/mol. The number of pyridine rings is 1. The molecule has 2 heterocycles. The van der Waals surface area contributed by atoms with Crippen LogP contribution in [0.25, 0.3) is 0 Å². The summed E-state index contributed by atoms with van der Waals surface area (Å²) in [5, 5.41) is 3.50. The number of alkyl halides is 2. The first-order valence-electron chi connectivity index (χ1n) is 8.52. The highest BCUT2D eigenvalue weighted by Crippen LogP contribution is 2.29. The van der Waals surface area contributed by atoms with Gasteiger partial charge >= 0.3 is 6.55 Å². The van der Waals surface area contributed by atoms with Gasteiger partial charge in [-0.2, -0.15) is 18.6 Å². The quantitative estimate of drug-likeness (QED) is 0.678. The molecule has 1 N–H and O–H groups in total. The first-order chi connectivity index (χ1) is 13.2. The standard InChI is InChI=1S/C19H20F2N4O2S/c1-12-4-5-13(2)16(10-12)18(15-6-8-22-9-7-15)24-28(26,27)17-11-23-25(14(17)3)19(20)21/h4-11,18-19,24H,1-3H3. The summed E-state index contributed by atoms with van der Waals surface area (Å²) in [5.74, 6) is 0. The molecule has 3 rings (SSSR count). The minimum Gasteiger partial charge on any atom is -0.265 e. The van der Waals surface area contributed by atoms with Crippen LogP contribution in [-0.2, 0) is 10.0 Å². The van der Waals surface area contributed by atoms with Crippen molar-refractivity contribution in [2.45, 2.75) is 38.3 Å². The Hall–Kier alpha value is -2.65. The smallest absolute Gasteiger partial charge is 0.265 e. The van der Waals surface area contributed by atoms with Gasteiger partial charge in [0.1, 0.15) is 4.90 Å². The molecule has 0 aliphatic carbocycles. The Bertz CT molecular complexity index is 1080. The molecule has 0 amide bonds. The van der Waals surface area contributed by atoms with Crippen LogP contribution in [0.5, 0.6) is 0 Å². The summed E-state index contributed by atoms with van der Waals surface area (Å²) in [6.45, 7) is 2.18. The van der Waals surface area contributed by atoms with Crippen LogP contribution in [0.2, 0.25) is 0 Å². The van der Waals surface area contributed by atoms with E-state index < -0.39 is 22.6 Å². The summed E-state index contributed by atoms with van der Waals surface area (Å²) >= 11 is 0. The van der Waals surface area contributed by atoms with Crippen LogP contribution >= 0.6 is 0 Å². The van der Waals surface area contributed by atoms with Crippen molar-refractivity contribution in [2.24, 2.45) is 0 Å². The number of rotatable bonds is 6. The number of hydrogen-bond donors (Lipinski definition) is 1. The van der Waals surface area contributed by atoms with Gasteiger partial charge in [-0.15, -0.1) is 0 Å². The van der Waals surface area contributed by atoms with E-state index in [0.29, 0.717) is 10.2 Å². The van der Waals surface area contributed by atoms with Crippen LogP contribution < -0.4 is 4.72 Å². The Morgan fingerprint density at radius 2 is 1.75 bits per heavy atom. The van der Waals surface area contributed by atoms with Crippen LogP contribution in [0.3, 0.4) is 0 Å². The van der Waals surface area contributed by atoms with Crippen molar-refractivity contribution < 1.29 is 17.2 Å². The van der Waals surface area contributed by atoms with E-state index in [0.717, 1.165) is 22.9 Å². The van der Waals surface area contributed by atoms with E-state index in [1.807, 2.05) is 32.0 Å². The number of nitrogens with zero attached hydrogens (tertiary/aromatic N) is 3. The van der Waals surface area contributed by atoms with E-state index in [-0.39, 0.29) is 10.6 Å². The molecule has 6 nitrogen and oxygen atoms in total. The van der Waals surface area contributed by atoms with Crippen molar-refractivity contribution in [3.63, 3.8) is 0 Å². The molecule has 148 valence electrons. The highest BCUT2D eigenvalue weighted by atomic mass is 32.2. The zero-order chi connectivity index (χ0) is 20.5. The normalized spacial score (nSPS) is 13.1. The highest BCUT2D eigenvalue weighted by molar-refractivity contribution is 7.89. The second-order valence-corrected chi connectivity index (χ2v) is 8.19. The second-order valence-electron chi connectivity index (χ2n) is 6.51. The third-order valence-corrected chi connectivity index (χ3v) is 6.06. The van der Waals surface area contributed by atoms with Gasteiger partial charge in [-0.25, -0.2) is 13.1 Å². The Balaban J connectivity index is 2.08. The lowest BCUT2D eigenvalue weighted by atomic mass is 9.95. The third-order valence-electron chi connectivity index (χ3n) is 4.53. The fourth-order valence-electron chi connectivity index (χ4n) is 3.02. The van der Waals surface area contributed by atoms with Crippen molar-refractivity contribution >= 4 is 10.0 Å². The zero-order valence-corrected chi connectivity index (χ0v) is 16.4. The first kappa shape index (κ1) is 20.1. The maximum Gasteiger partial charge on any atom is 0.333 e. The van der Waals surface area contributed by atoms with Crippen molar-refractivity contribution in [1.29, 1.82) is 0 Å². The Kier molecular flexibility index (Phi) is 5.57. The van der Waals surface area contributed by atoms with Gasteiger partial charge in [0.05, 0.1) is 17.9 Å². The molecule has 9 heteroatoms. The molecule has 1 unspecified atom stereocenters. The molecule has 2 aromatic heterocycles. The molecular weight excluding hydrogens is 386 g/mol. The van der Waals surface area contributed by atoms with Gasteiger partial charge in [-0.1, -0.05) is 23.8 Å². The minimum atomic E-state index is -4.12. The summed E-state index contributed by atoms with van der Waals surface area (Å²) in [6, 6.07) is 8.47. The molecule has 28 heavy (non-hydrogen) atoms. The number of aromatic nitrogens is 3. The summed E-state index contributed by atoms with van der Waals surface area (Å²) in [4.78, 5) is 3.70. The van der Waals surface area contributed by atoms with E-state index in [1.165, 1.54) is 6.92 Å². The average molecular weight is 406 g/mol. The fraction of sp³-hybridized carbons (Fsp3) is 0.263. The number of nitrogens with one attached hydrogen (secondary N) is 1. The molecule has 0 aliphatic rings. The summed E-state index contributed by atoms with van der Waals surface area (Å²) < 4.78 is 55.1. The number of benzene rings is 1. The molecule has 3 aromatic rings. The van der Waals surface area contributed by atoms with Crippen LogP contribution in [0.4, 0.5) is 8.78 Å². The third kappa shape index (κ3) is 3.95. The SMILES string of the molecule is Cc1ccc(C)c(C(NS(=O)(=O)c2cnn(C(F)F)c2C)c2ccncc2)c1. The summed E-state index contributed by atoms with van der Waals surface area (Å²) in [6.07, 6.45) is 4.08. The molecule has 0 bridgehead atoms. The van der Waals surface area contributed by atoms with E-state index in [2.05, 4.69) is 14.8 Å². The van der Waals surface area contributed by atoms with Gasteiger partial charge in [0.15, 0.2) is 0 Å². The number of hydrogen-bond acceptors (Lipinski definition) is 4. The van der Waals surface area contributed by atoms with Crippen LogP contribution in [0, 0.1) is 20.8 Å². The van der Waals surface area contributed by atoms with Gasteiger partial charge in [-0.05, 0) is 49.6 Å². The lowest BCUT2D eigenvalue weighted by Crippen LogP contribution is -2.30. The van der Waals surface area contributed by atoms with Gasteiger partial charge in [0.25, 0.3) is 0 Å². The fourth-order valence-corrected chi connectivity index (χ4v) is 4.39. The molecule has 0 aliphatic heterocycles. The molecule has 0 spiro atoms. The Morgan fingerprint density at radius 3 is 2.36 bits per heavy atom. The van der Waals surface area contributed by atoms with Crippen molar-refractivity contribution in [3.05, 3.63) is 76.9 Å². The highest BCUT2D eigenvalue weighted by Gasteiger charge is 2.28. The molecule has 0 fully saturated rings. The molecule has 1 atom stereocenters. The topological polar surface area (TPSA) is 76.9 Å². The van der Waals surface area contributed by atoms with E-state index >= 15 is 0 Å². The summed E-state index contributed by atoms with van der Waals surface area (Å²) in [5.41, 5.74) is 3.20. The Morgan fingerprint density at radius 1 is 1.07 bits per heavy atom. The molecule has 0 saturated carbocycles. The lowest BCUT2D eigenvalue weighted by Gasteiger charge is -2.22. The van der Waals surface area contributed by atoms with Gasteiger partial charge in [0, 0.05) is 12.4 Å². The van der Waals surface area contributed by atoms with E-state index in [4.69, 9.17) is 0 Å². The molecule has 0 radical (unpaired) electrons. The van der Waals surface area contributed by atoms with Crippen molar-refractivity contribution in [1.82, 2.24) is 19.5 Å². The second kappa shape index (κ2) is 7.76. The molecule has 0 saturated heterocycles. The van der Waals surface area contributed by atoms with Crippen LogP contribution in [0.15, 0.2) is 53.8 Å². The number of aryl methyl sites for hydroxylation is 2. The number of sulfonamides is 1. The van der Waals surface area contributed by atoms with Crippen LogP contribution in [-0.4, -0.2) is 23.2 Å². The molecular formula is C19H20F2N4O2S. The Labute approximate surface area is 162 Å². The maximum atomic E-state index is 13.0. The largest absolute Gasteiger partial charge is 0.333 e. The van der Waals surface area contributed by atoms with Gasteiger partial charge < -0.3 is 0 Å². The minimum absolute atomic E-state index is 0.128. The van der Waals surface area contributed by atoms with Crippen molar-refractivity contribution in [2.75, 3.05) is 0 Å². The van der Waals surface area contributed by atoms with Crippen LogP contribution in [0.1, 0.15) is 40.5 Å². The predicted octanol–water partition coefficient (Wildman–Crippen LogP) is 3.67. The zero-order valence-electron chi connectivity index (χ0n) is 15.6. The average Bonchev–Trinajstić information content (AvgIpc) is 3.05. The predicted molar refractivity (Wildman–Crippen MR) is 101 cm³/mol. The number of halogens is 2. The van der Waals surface area contributed by atoms with Crippen molar-refractivity contribution in [3.8, 4) is 0 Å². The van der Waals surface area contributed by atoms with Gasteiger partial charge in [-0.3, -0.25) is 4.98 Å². The maximum absolute atomic E-state index is 13.0. The van der Waals surface area contributed by atoms with E-state index in [9.17, 15) is 17.2 Å². The molecule has 1 aromatic carbocycles. The van der Waals surface area contributed by atoms with Gasteiger partial charge in [0.2, 0.25) is 10.0 Å². The lowest BCUT2D eigenvalue weighted by molar-refractivity contribution is 0.0541. The first-order valence-corrected chi connectivity index (χ1v) is 10.0.